The van der Waals surface area contributed by atoms with Gasteiger partial charge in [0.05, 0.1) is 13.3 Å². The maximum atomic E-state index is 15.4. The molecule has 0 spiro atoms. The van der Waals surface area contributed by atoms with Gasteiger partial charge in [0.1, 0.15) is 36.3 Å². The molecule has 43 heavy (non-hydrogen) atoms. The number of ether oxygens (including phenoxy) is 2. The number of carbonyl (C=O) groups is 1. The number of fused-ring (bicyclic) bond motifs is 1. The van der Waals surface area contributed by atoms with Gasteiger partial charge in [-0.15, -0.1) is 0 Å². The average molecular weight is 637 g/mol. The first-order chi connectivity index (χ1) is 20.5. The fraction of sp³-hybridized carbons (Fsp3) is 0.370. The van der Waals surface area contributed by atoms with Gasteiger partial charge < -0.3 is 34.6 Å². The first-order valence-corrected chi connectivity index (χ1v) is 15.2. The summed E-state index contributed by atoms with van der Waals surface area (Å²) in [5, 5.41) is 13.2. The number of nitrogens with two attached hydrogens (primary N) is 1. The van der Waals surface area contributed by atoms with Crippen molar-refractivity contribution < 1.29 is 37.4 Å². The molecular weight excluding hydrogens is 606 g/mol. The van der Waals surface area contributed by atoms with Gasteiger partial charge in [0, 0.05) is 7.05 Å². The summed E-state index contributed by atoms with van der Waals surface area (Å²) in [5.74, 6) is -0.176. The summed E-state index contributed by atoms with van der Waals surface area (Å²) in [4.78, 5) is 24.0. The lowest BCUT2D eigenvalue weighted by Crippen LogP contribution is -2.43. The van der Waals surface area contributed by atoms with Crippen LogP contribution in [0.15, 0.2) is 60.7 Å². The summed E-state index contributed by atoms with van der Waals surface area (Å²) in [6.45, 7) is 1.02. The molecule has 16 heteroatoms. The SMILES string of the molecule is C[C@@H](NP(=O)(OCC1OC(N2CN(C)c3c(N)nc(Cl)nc32)C(F)C1O)Oc1ccccc1)C(=O)OCc1ccccc1. The molecule has 0 saturated carbocycles. The van der Waals surface area contributed by atoms with Gasteiger partial charge >= 0.3 is 13.7 Å². The number of anilines is 3. The zero-order valence-corrected chi connectivity index (χ0v) is 24.9. The van der Waals surface area contributed by atoms with E-state index in [1.165, 1.54) is 11.8 Å². The Kier molecular flexibility index (Phi) is 9.35. The predicted octanol–water partition coefficient (Wildman–Crippen LogP) is 3.28. The first kappa shape index (κ1) is 30.9. The molecule has 2 aromatic carbocycles. The third-order valence-corrected chi connectivity index (χ3v) is 8.60. The lowest BCUT2D eigenvalue weighted by Gasteiger charge is -2.27. The average Bonchev–Trinajstić information content (AvgIpc) is 3.46. The van der Waals surface area contributed by atoms with E-state index in [0.717, 1.165) is 5.56 Å². The highest BCUT2D eigenvalue weighted by molar-refractivity contribution is 7.52. The molecule has 4 N–H and O–H groups in total. The quantitative estimate of drug-likeness (QED) is 0.160. The molecule has 3 heterocycles. The molecule has 0 aliphatic carbocycles. The van der Waals surface area contributed by atoms with Crippen LogP contribution in [0, 0.1) is 0 Å². The molecule has 0 bridgehead atoms. The molecule has 1 fully saturated rings. The minimum Gasteiger partial charge on any atom is -0.460 e. The number of hydrogen-bond acceptors (Lipinski definition) is 12. The minimum absolute atomic E-state index is 0.00831. The standard InChI is InChI=1S/C27H31ClFN6O7P/c1-16(26(37)39-13-17-9-5-3-6-10-17)33-43(38,42-18-11-7-4-8-12-18)40-14-19-22(36)20(29)25(41-19)35-15-34(2)21-23(30)31-27(28)32-24(21)35/h3-12,16,19-20,22,25,36H,13-15H2,1-2H3,(H,33,38)(H2,30,31,32)/t16-,19?,20?,22?,25?,43?/m1/s1. The van der Waals surface area contributed by atoms with E-state index < -0.39 is 51.0 Å². The van der Waals surface area contributed by atoms with Crippen molar-refractivity contribution in [3.8, 4) is 5.75 Å². The Morgan fingerprint density at radius 2 is 1.91 bits per heavy atom. The Labute approximate surface area is 252 Å². The molecule has 13 nitrogen and oxygen atoms in total. The van der Waals surface area contributed by atoms with Crippen LogP contribution in [-0.2, 0) is 30.0 Å². The van der Waals surface area contributed by atoms with E-state index in [2.05, 4.69) is 15.1 Å². The smallest absolute Gasteiger partial charge is 0.459 e. The second-order valence-corrected chi connectivity index (χ2v) is 12.0. The first-order valence-electron chi connectivity index (χ1n) is 13.3. The number of benzene rings is 2. The monoisotopic (exact) mass is 636 g/mol. The maximum absolute atomic E-state index is 15.4. The van der Waals surface area contributed by atoms with Gasteiger partial charge in [0.2, 0.25) is 5.28 Å². The fourth-order valence-corrected chi connectivity index (χ4v) is 6.36. The topological polar surface area (TPSA) is 162 Å². The van der Waals surface area contributed by atoms with E-state index in [1.807, 2.05) is 18.2 Å². The van der Waals surface area contributed by atoms with E-state index in [-0.39, 0.29) is 35.9 Å². The third kappa shape index (κ3) is 7.01. The van der Waals surface area contributed by atoms with E-state index in [1.54, 1.807) is 54.4 Å². The number of carbonyl (C=O) groups excluding carboxylic acids is 1. The molecule has 2 aliphatic rings. The lowest BCUT2D eigenvalue weighted by molar-refractivity contribution is -0.146. The van der Waals surface area contributed by atoms with Gasteiger partial charge in [0.15, 0.2) is 24.0 Å². The van der Waals surface area contributed by atoms with Crippen LogP contribution >= 0.6 is 19.3 Å². The Hall–Kier alpha value is -3.52. The largest absolute Gasteiger partial charge is 0.460 e. The van der Waals surface area contributed by atoms with Crippen LogP contribution < -0.4 is 25.1 Å². The number of aliphatic hydroxyl groups excluding tert-OH is 1. The second kappa shape index (κ2) is 13.0. The summed E-state index contributed by atoms with van der Waals surface area (Å²) in [7, 11) is -2.60. The highest BCUT2D eigenvalue weighted by atomic mass is 35.5. The highest BCUT2D eigenvalue weighted by Gasteiger charge is 2.50. The summed E-state index contributed by atoms with van der Waals surface area (Å²) in [6.07, 6.45) is -6.13. The van der Waals surface area contributed by atoms with E-state index in [4.69, 9.17) is 35.9 Å². The van der Waals surface area contributed by atoms with Crippen molar-refractivity contribution >= 4 is 42.6 Å². The number of rotatable bonds is 11. The third-order valence-electron chi connectivity index (χ3n) is 6.79. The van der Waals surface area contributed by atoms with Crippen molar-refractivity contribution in [2.24, 2.45) is 0 Å². The molecule has 230 valence electrons. The van der Waals surface area contributed by atoms with Gasteiger partial charge in [-0.3, -0.25) is 9.32 Å². The van der Waals surface area contributed by atoms with E-state index >= 15 is 4.39 Å². The number of aromatic nitrogens is 2. The van der Waals surface area contributed by atoms with Crippen molar-refractivity contribution in [3.63, 3.8) is 0 Å². The Balaban J connectivity index is 1.27. The summed E-state index contributed by atoms with van der Waals surface area (Å²) in [6, 6.07) is 16.1. The van der Waals surface area contributed by atoms with Crippen molar-refractivity contribution in [2.45, 2.75) is 44.2 Å². The number of para-hydroxylation sites is 1. The Bertz CT molecular complexity index is 1480. The summed E-state index contributed by atoms with van der Waals surface area (Å²) < 4.78 is 51.8. The molecule has 1 aromatic heterocycles. The Morgan fingerprint density at radius 1 is 1.23 bits per heavy atom. The van der Waals surface area contributed by atoms with Crippen LogP contribution in [0.2, 0.25) is 5.28 Å². The van der Waals surface area contributed by atoms with Crippen LogP contribution in [0.4, 0.5) is 21.7 Å². The minimum atomic E-state index is -4.31. The molecule has 6 atom stereocenters. The van der Waals surface area contributed by atoms with Crippen molar-refractivity contribution in [1.29, 1.82) is 0 Å². The zero-order valence-electron chi connectivity index (χ0n) is 23.2. The highest BCUT2D eigenvalue weighted by Crippen LogP contribution is 2.47. The van der Waals surface area contributed by atoms with Crippen LogP contribution in [0.5, 0.6) is 5.75 Å². The number of hydrogen-bond donors (Lipinski definition) is 3. The van der Waals surface area contributed by atoms with Crippen molar-refractivity contribution in [1.82, 2.24) is 15.1 Å². The predicted molar refractivity (Wildman–Crippen MR) is 156 cm³/mol. The summed E-state index contributed by atoms with van der Waals surface area (Å²) >= 11 is 5.99. The molecular formula is C27H31ClFN6O7P. The number of nitrogen functional groups attached to an aromatic ring is 1. The number of aliphatic hydroxyl groups is 1. The second-order valence-electron chi connectivity index (χ2n) is 10.0. The van der Waals surface area contributed by atoms with Gasteiger partial charge in [0.25, 0.3) is 0 Å². The number of alkyl halides is 1. The van der Waals surface area contributed by atoms with Crippen LogP contribution in [-0.4, -0.2) is 72.0 Å². The number of nitrogens with one attached hydrogen (secondary N) is 1. The lowest BCUT2D eigenvalue weighted by atomic mass is 10.1. The van der Waals surface area contributed by atoms with Gasteiger partial charge in [-0.05, 0) is 36.2 Å². The molecule has 5 unspecified atom stereocenters. The van der Waals surface area contributed by atoms with Crippen LogP contribution in [0.1, 0.15) is 12.5 Å². The molecule has 1 saturated heterocycles. The maximum Gasteiger partial charge on any atom is 0.459 e. The molecule has 0 radical (unpaired) electrons. The van der Waals surface area contributed by atoms with Crippen molar-refractivity contribution in [2.75, 3.05) is 35.9 Å². The molecule has 0 amide bonds. The Morgan fingerprint density at radius 3 is 2.60 bits per heavy atom. The number of nitrogens with zero attached hydrogens (tertiary/aromatic N) is 4. The van der Waals surface area contributed by atoms with E-state index in [9.17, 15) is 14.5 Å². The fourth-order valence-electron chi connectivity index (χ4n) is 4.68. The molecule has 2 aliphatic heterocycles. The normalized spacial score (nSPS) is 23.5. The van der Waals surface area contributed by atoms with Crippen molar-refractivity contribution in [3.05, 3.63) is 71.5 Å². The number of esters is 1. The molecule has 3 aromatic rings. The zero-order chi connectivity index (χ0) is 30.7. The van der Waals surface area contributed by atoms with Crippen LogP contribution in [0.25, 0.3) is 0 Å². The van der Waals surface area contributed by atoms with E-state index in [0.29, 0.717) is 5.69 Å². The van der Waals surface area contributed by atoms with Gasteiger partial charge in [-0.25, -0.2) is 8.96 Å². The van der Waals surface area contributed by atoms with Crippen LogP contribution in [0.3, 0.4) is 0 Å². The molecule has 5 rings (SSSR count). The van der Waals surface area contributed by atoms with Gasteiger partial charge in [-0.1, -0.05) is 48.5 Å². The summed E-state index contributed by atoms with van der Waals surface area (Å²) in [5.41, 5.74) is 7.20. The van der Waals surface area contributed by atoms with Gasteiger partial charge in [-0.2, -0.15) is 15.1 Å². The number of halogens is 2.